The molecule has 3 rings (SSSR count). The zero-order valence-electron chi connectivity index (χ0n) is 10.1. The van der Waals surface area contributed by atoms with E-state index in [9.17, 15) is 0 Å². The molecule has 2 aromatic rings. The van der Waals surface area contributed by atoms with Crippen molar-refractivity contribution >= 4 is 11.8 Å². The maximum absolute atomic E-state index is 6.33. The van der Waals surface area contributed by atoms with Gasteiger partial charge in [0.05, 0.1) is 0 Å². The zero-order valence-corrected chi connectivity index (χ0v) is 10.9. The van der Waals surface area contributed by atoms with E-state index >= 15 is 0 Å². The van der Waals surface area contributed by atoms with E-state index < -0.39 is 0 Å². The monoisotopic (exact) mass is 256 g/mol. The van der Waals surface area contributed by atoms with Crippen molar-refractivity contribution < 1.29 is 0 Å². The minimum Gasteiger partial charge on any atom is -0.326 e. The van der Waals surface area contributed by atoms with Crippen LogP contribution in [0.3, 0.4) is 0 Å². The van der Waals surface area contributed by atoms with Crippen LogP contribution in [0.5, 0.6) is 0 Å². The van der Waals surface area contributed by atoms with Gasteiger partial charge in [0.1, 0.15) is 0 Å². The van der Waals surface area contributed by atoms with E-state index in [0.29, 0.717) is 5.25 Å². The van der Waals surface area contributed by atoms with Gasteiger partial charge in [-0.1, -0.05) is 24.3 Å². The van der Waals surface area contributed by atoms with E-state index in [1.807, 2.05) is 36.2 Å². The van der Waals surface area contributed by atoms with Gasteiger partial charge in [0, 0.05) is 34.5 Å². The molecule has 18 heavy (non-hydrogen) atoms. The van der Waals surface area contributed by atoms with E-state index in [1.54, 1.807) is 0 Å². The summed E-state index contributed by atoms with van der Waals surface area (Å²) in [5, 5.41) is 0.476. The molecule has 0 amide bonds. The summed E-state index contributed by atoms with van der Waals surface area (Å²) in [7, 11) is 0. The maximum atomic E-state index is 6.33. The lowest BCUT2D eigenvalue weighted by Crippen LogP contribution is -2.34. The molecule has 2 unspecified atom stereocenters. The fourth-order valence-electron chi connectivity index (χ4n) is 2.34. The Morgan fingerprint density at radius 3 is 2.83 bits per heavy atom. The lowest BCUT2D eigenvalue weighted by Gasteiger charge is -2.17. The van der Waals surface area contributed by atoms with Crippen LogP contribution < -0.4 is 5.73 Å². The highest BCUT2D eigenvalue weighted by molar-refractivity contribution is 8.00. The van der Waals surface area contributed by atoms with Crippen LogP contribution >= 0.6 is 11.8 Å². The third kappa shape index (κ3) is 2.42. The molecule has 0 bridgehead atoms. The summed E-state index contributed by atoms with van der Waals surface area (Å²) >= 11 is 1.91. The number of benzene rings is 1. The van der Waals surface area contributed by atoms with Crippen LogP contribution in [0.2, 0.25) is 0 Å². The maximum Gasteiger partial charge on any atom is 0.0419 e. The van der Waals surface area contributed by atoms with Crippen molar-refractivity contribution in [2.24, 2.45) is 5.73 Å². The van der Waals surface area contributed by atoms with Crippen molar-refractivity contribution in [1.29, 1.82) is 0 Å². The first kappa shape index (κ1) is 11.8. The highest BCUT2D eigenvalue weighted by Gasteiger charge is 2.27. The van der Waals surface area contributed by atoms with Gasteiger partial charge in [-0.05, 0) is 30.2 Å². The van der Waals surface area contributed by atoms with Crippen molar-refractivity contribution in [2.75, 3.05) is 0 Å². The molecule has 1 aliphatic heterocycles. The first-order valence-corrected chi connectivity index (χ1v) is 7.11. The molecule has 0 radical (unpaired) electrons. The lowest BCUT2D eigenvalue weighted by atomic mass is 10.0. The minimum atomic E-state index is 0.164. The smallest absolute Gasteiger partial charge is 0.0419 e. The number of nitrogens with zero attached hydrogens (tertiary/aromatic N) is 1. The minimum absolute atomic E-state index is 0.164. The molecule has 0 fully saturated rings. The molecule has 0 saturated carbocycles. The van der Waals surface area contributed by atoms with E-state index in [2.05, 4.69) is 29.2 Å². The van der Waals surface area contributed by atoms with Crippen molar-refractivity contribution in [3.05, 3.63) is 59.9 Å². The molecule has 1 aromatic carbocycles. The molecule has 3 heteroatoms. The highest BCUT2D eigenvalue weighted by Crippen LogP contribution is 2.38. The van der Waals surface area contributed by atoms with Crippen LogP contribution in [0, 0.1) is 0 Å². The summed E-state index contributed by atoms with van der Waals surface area (Å²) in [4.78, 5) is 5.74. The molecule has 1 aromatic heterocycles. The molecule has 0 spiro atoms. The molecule has 92 valence electrons. The quantitative estimate of drug-likeness (QED) is 0.917. The molecule has 2 N–H and O–H groups in total. The van der Waals surface area contributed by atoms with Gasteiger partial charge in [-0.15, -0.1) is 11.8 Å². The molecular weight excluding hydrogens is 240 g/mol. The summed E-state index contributed by atoms with van der Waals surface area (Å²) in [5.74, 6) is 0. The second kappa shape index (κ2) is 5.12. The fraction of sp³-hybridized carbons (Fsp3) is 0.267. The van der Waals surface area contributed by atoms with Crippen molar-refractivity contribution in [1.82, 2.24) is 4.98 Å². The van der Waals surface area contributed by atoms with Gasteiger partial charge in [0.25, 0.3) is 0 Å². The van der Waals surface area contributed by atoms with E-state index in [4.69, 9.17) is 5.73 Å². The summed E-state index contributed by atoms with van der Waals surface area (Å²) in [6.45, 7) is 0. The Balaban J connectivity index is 1.67. The summed E-state index contributed by atoms with van der Waals surface area (Å²) < 4.78 is 0. The number of hydrogen-bond acceptors (Lipinski definition) is 3. The Labute approximate surface area is 112 Å². The van der Waals surface area contributed by atoms with Gasteiger partial charge in [-0.25, -0.2) is 0 Å². The summed E-state index contributed by atoms with van der Waals surface area (Å²) in [6.07, 6.45) is 3.76. The average Bonchev–Trinajstić information content (AvgIpc) is 2.84. The molecular formula is C15H16N2S. The molecule has 1 aliphatic rings. The van der Waals surface area contributed by atoms with Gasteiger partial charge >= 0.3 is 0 Å². The second-order valence-electron chi connectivity index (χ2n) is 4.66. The number of thioether (sulfide) groups is 1. The topological polar surface area (TPSA) is 38.9 Å². The Bertz CT molecular complexity index is 502. The first-order valence-electron chi connectivity index (χ1n) is 6.23. The van der Waals surface area contributed by atoms with E-state index in [0.717, 1.165) is 18.5 Å². The van der Waals surface area contributed by atoms with Crippen molar-refractivity contribution in [2.45, 2.75) is 29.0 Å². The SMILES string of the molecule is NC(Cc1ccccn1)C1Cc2ccccc2S1. The Morgan fingerprint density at radius 2 is 2.06 bits per heavy atom. The molecule has 2 nitrogen and oxygen atoms in total. The highest BCUT2D eigenvalue weighted by atomic mass is 32.2. The van der Waals surface area contributed by atoms with Crippen molar-refractivity contribution in [3.8, 4) is 0 Å². The lowest BCUT2D eigenvalue weighted by molar-refractivity contribution is 0.624. The average molecular weight is 256 g/mol. The predicted octanol–water partition coefficient (Wildman–Crippen LogP) is 2.67. The van der Waals surface area contributed by atoms with Crippen LogP contribution in [0.4, 0.5) is 0 Å². The second-order valence-corrected chi connectivity index (χ2v) is 5.94. The zero-order chi connectivity index (χ0) is 12.4. The van der Waals surface area contributed by atoms with Crippen LogP contribution in [0.25, 0.3) is 0 Å². The van der Waals surface area contributed by atoms with Crippen LogP contribution in [-0.2, 0) is 12.8 Å². The number of aromatic nitrogens is 1. The van der Waals surface area contributed by atoms with E-state index in [-0.39, 0.29) is 6.04 Å². The first-order chi connectivity index (χ1) is 8.83. The van der Waals surface area contributed by atoms with Gasteiger partial charge in [0.2, 0.25) is 0 Å². The van der Waals surface area contributed by atoms with Gasteiger partial charge in [-0.2, -0.15) is 0 Å². The molecule has 2 atom stereocenters. The van der Waals surface area contributed by atoms with Crippen LogP contribution in [-0.4, -0.2) is 16.3 Å². The predicted molar refractivity (Wildman–Crippen MR) is 75.7 cm³/mol. The van der Waals surface area contributed by atoms with Gasteiger partial charge in [-0.3, -0.25) is 4.98 Å². The molecule has 2 heterocycles. The number of hydrogen-bond donors (Lipinski definition) is 1. The third-order valence-corrected chi connectivity index (χ3v) is 4.79. The summed E-state index contributed by atoms with van der Waals surface area (Å²) in [6, 6.07) is 14.8. The third-order valence-electron chi connectivity index (χ3n) is 3.32. The van der Waals surface area contributed by atoms with Crippen LogP contribution in [0.1, 0.15) is 11.3 Å². The number of fused-ring (bicyclic) bond motifs is 1. The Kier molecular flexibility index (Phi) is 3.35. The fourth-order valence-corrected chi connectivity index (χ4v) is 3.66. The number of nitrogens with two attached hydrogens (primary N) is 1. The number of pyridine rings is 1. The number of rotatable bonds is 3. The largest absolute Gasteiger partial charge is 0.326 e. The summed E-state index contributed by atoms with van der Waals surface area (Å²) in [5.41, 5.74) is 8.85. The Morgan fingerprint density at radius 1 is 1.22 bits per heavy atom. The van der Waals surface area contributed by atoms with Crippen LogP contribution in [0.15, 0.2) is 53.6 Å². The molecule has 0 aliphatic carbocycles. The normalized spacial score (nSPS) is 19.5. The molecule has 0 saturated heterocycles. The van der Waals surface area contributed by atoms with Gasteiger partial charge < -0.3 is 5.73 Å². The standard InChI is InChI=1S/C15H16N2S/c16-13(10-12-6-3-4-8-17-12)15-9-11-5-1-2-7-14(11)18-15/h1-8,13,15H,9-10,16H2. The van der Waals surface area contributed by atoms with Crippen molar-refractivity contribution in [3.63, 3.8) is 0 Å². The van der Waals surface area contributed by atoms with Gasteiger partial charge in [0.15, 0.2) is 0 Å². The Hall–Kier alpha value is -1.32. The van der Waals surface area contributed by atoms with E-state index in [1.165, 1.54) is 10.5 Å².